The van der Waals surface area contributed by atoms with Gasteiger partial charge in [-0.2, -0.15) is 0 Å². The first kappa shape index (κ1) is 83.0. The van der Waals surface area contributed by atoms with Crippen LogP contribution in [0.25, 0.3) is 160 Å². The Labute approximate surface area is 811 Å². The second-order valence-corrected chi connectivity index (χ2v) is 40.3. The number of anilines is 3. The standard InChI is InChI=1S/C49H33BN2.C45H41BN2.C36H25BN2/c1-32-20-24-37(25-21-32)50-41-17-9-11-19-45(41)52-43-18-10-8-16-39(43)48-46(29-27-42(50)49(48)52)51-44-28-23-35(33-12-4-2-5-13-33)30-40(44)38-26-22-36(31-47(38)51)34-14-6-3-7-15-34;1-28-16-20-31(21-17-28)46-35-13-9-11-15-40(35)48-37-14-10-8-12-32(37)42-41(25-22-36(46)43(42)48)47-38-23-18-29(44(2,3)4)26-33(38)34-27-30(45(5,6)7)19-24-39(34)47;1-4-14-26(15-5-1)37-30-21-11-13-23-33(30)39-32-22-12-10-20-29(32)35-34(25-24-31(37)36(35)39)38(27-16-6-2-7-17-27)28-18-8-3-9-19-28/h2-31H,1H3;8-27H,1-7H3;1-25H. The number of hydrogen-bond acceptors (Lipinski definition) is 1. The largest absolute Gasteiger partial charge is 0.310 e. The van der Waals surface area contributed by atoms with Crippen molar-refractivity contribution in [3.05, 3.63) is 477 Å². The first-order valence-corrected chi connectivity index (χ1v) is 49.0. The smallest absolute Gasteiger partial charge is 0.246 e. The Bertz CT molecular complexity index is 9120. The lowest BCUT2D eigenvalue weighted by Gasteiger charge is -2.30. The van der Waals surface area contributed by atoms with E-state index in [1.165, 1.54) is 237 Å². The molecule has 3 aliphatic heterocycles. The summed E-state index contributed by atoms with van der Waals surface area (Å²) in [5.74, 6) is 0. The highest BCUT2D eigenvalue weighted by atomic mass is 15.2. The Hall–Kier alpha value is -16.6. The van der Waals surface area contributed by atoms with Gasteiger partial charge in [0.1, 0.15) is 0 Å². The van der Waals surface area contributed by atoms with E-state index in [0.29, 0.717) is 0 Å². The molecule has 658 valence electrons. The fourth-order valence-electron chi connectivity index (χ4n) is 23.6. The van der Waals surface area contributed by atoms with Crippen molar-refractivity contribution in [3.8, 4) is 50.7 Å². The van der Waals surface area contributed by atoms with Crippen LogP contribution in [0.1, 0.15) is 63.8 Å². The maximum absolute atomic E-state index is 2.54. The fourth-order valence-corrected chi connectivity index (χ4v) is 23.6. The lowest BCUT2D eigenvalue weighted by atomic mass is 9.35. The minimum Gasteiger partial charge on any atom is -0.310 e. The third-order valence-corrected chi connectivity index (χ3v) is 30.1. The predicted octanol–water partition coefficient (Wildman–Crippen LogP) is 27.0. The van der Waals surface area contributed by atoms with Crippen LogP contribution < -0.4 is 54.1 Å². The van der Waals surface area contributed by atoms with Crippen molar-refractivity contribution in [2.45, 2.75) is 66.2 Å². The molecule has 5 aromatic heterocycles. The average molecular weight is 1780 g/mol. The van der Waals surface area contributed by atoms with E-state index in [-0.39, 0.29) is 31.0 Å². The molecule has 139 heavy (non-hydrogen) atoms. The van der Waals surface area contributed by atoms with E-state index in [4.69, 9.17) is 0 Å². The molecular formula is C130H99B3N6. The van der Waals surface area contributed by atoms with Gasteiger partial charge in [0.25, 0.3) is 0 Å². The zero-order valence-corrected chi connectivity index (χ0v) is 79.2. The van der Waals surface area contributed by atoms with Crippen LogP contribution >= 0.6 is 0 Å². The van der Waals surface area contributed by atoms with Crippen LogP contribution in [0, 0.1) is 13.8 Å². The normalized spacial score (nSPS) is 12.6. The maximum Gasteiger partial charge on any atom is 0.246 e. The molecule has 0 N–H and O–H groups in total. The van der Waals surface area contributed by atoms with Crippen molar-refractivity contribution in [2.24, 2.45) is 0 Å². The second kappa shape index (κ2) is 32.6. The molecule has 0 amide bonds. The van der Waals surface area contributed by atoms with Gasteiger partial charge in [-0.05, 0) is 212 Å². The summed E-state index contributed by atoms with van der Waals surface area (Å²) >= 11 is 0. The van der Waals surface area contributed by atoms with Gasteiger partial charge in [0, 0.05) is 82.3 Å². The van der Waals surface area contributed by atoms with Gasteiger partial charge in [-0.3, -0.25) is 0 Å². The highest BCUT2D eigenvalue weighted by molar-refractivity contribution is 6.99. The number of aryl methyl sites for hydroxylation is 2. The zero-order chi connectivity index (χ0) is 93.2. The zero-order valence-electron chi connectivity index (χ0n) is 79.2. The van der Waals surface area contributed by atoms with E-state index in [1.807, 2.05) is 0 Å². The van der Waals surface area contributed by atoms with E-state index in [9.17, 15) is 0 Å². The Kier molecular flexibility index (Phi) is 19.5. The maximum atomic E-state index is 2.54. The Morgan fingerprint density at radius 3 is 0.957 bits per heavy atom. The first-order valence-electron chi connectivity index (χ1n) is 49.0. The molecule has 8 heterocycles. The number of fused-ring (bicyclic) bond motifs is 21. The summed E-state index contributed by atoms with van der Waals surface area (Å²) in [6.07, 6.45) is 0. The second-order valence-electron chi connectivity index (χ2n) is 40.3. The summed E-state index contributed by atoms with van der Waals surface area (Å²) in [7, 11) is 0. The van der Waals surface area contributed by atoms with Crippen molar-refractivity contribution in [1.29, 1.82) is 0 Å². The van der Waals surface area contributed by atoms with Gasteiger partial charge in [0.15, 0.2) is 0 Å². The van der Waals surface area contributed by atoms with Gasteiger partial charge < -0.3 is 27.7 Å². The van der Waals surface area contributed by atoms with E-state index < -0.39 is 0 Å². The third kappa shape index (κ3) is 13.3. The molecule has 0 spiro atoms. The molecule has 0 saturated heterocycles. The van der Waals surface area contributed by atoms with Crippen molar-refractivity contribution in [3.63, 3.8) is 0 Å². The minimum atomic E-state index is 0.0575. The summed E-state index contributed by atoms with van der Waals surface area (Å²) in [6.45, 7) is 18.6. The number of benzene rings is 20. The molecule has 28 rings (SSSR count). The summed E-state index contributed by atoms with van der Waals surface area (Å²) < 4.78 is 12.6. The molecular weight excluding hydrogens is 1680 g/mol. The monoisotopic (exact) mass is 1780 g/mol. The molecule has 0 fully saturated rings. The number of rotatable bonds is 10. The molecule has 0 bridgehead atoms. The van der Waals surface area contributed by atoms with E-state index >= 15 is 0 Å². The van der Waals surface area contributed by atoms with E-state index in [0.717, 1.165) is 11.4 Å². The molecule has 3 aliphatic rings. The van der Waals surface area contributed by atoms with Crippen LogP contribution in [0.2, 0.25) is 0 Å². The summed E-state index contributed by atoms with van der Waals surface area (Å²) in [5.41, 5.74) is 44.6. The molecule has 0 aliphatic carbocycles. The molecule has 9 heteroatoms. The summed E-state index contributed by atoms with van der Waals surface area (Å²) in [5, 5.41) is 12.9. The van der Waals surface area contributed by atoms with Crippen LogP contribution in [0.4, 0.5) is 17.1 Å². The number of nitrogens with zero attached hydrogens (tertiary/aromatic N) is 6. The van der Waals surface area contributed by atoms with Gasteiger partial charge in [-0.15, -0.1) is 0 Å². The summed E-state index contributed by atoms with van der Waals surface area (Å²) in [6, 6.07) is 168. The van der Waals surface area contributed by atoms with Crippen LogP contribution in [-0.2, 0) is 10.8 Å². The number of hydrogen-bond donors (Lipinski definition) is 0. The fraction of sp³-hybridized carbons (Fsp3) is 0.0769. The van der Waals surface area contributed by atoms with Crippen LogP contribution in [0.15, 0.2) is 455 Å². The van der Waals surface area contributed by atoms with Gasteiger partial charge in [0.05, 0.1) is 72.2 Å². The van der Waals surface area contributed by atoms with Gasteiger partial charge in [0.2, 0.25) is 20.1 Å². The molecule has 0 saturated carbocycles. The quantitative estimate of drug-likeness (QED) is 0.125. The highest BCUT2D eigenvalue weighted by Crippen LogP contribution is 2.49. The minimum absolute atomic E-state index is 0.0575. The molecule has 0 atom stereocenters. The van der Waals surface area contributed by atoms with Crippen LogP contribution in [-0.4, -0.2) is 43.0 Å². The summed E-state index contributed by atoms with van der Waals surface area (Å²) in [4.78, 5) is 2.40. The lowest BCUT2D eigenvalue weighted by molar-refractivity contribution is 0.590. The molecule has 0 unspecified atom stereocenters. The van der Waals surface area contributed by atoms with Crippen molar-refractivity contribution >= 4 is 195 Å². The topological polar surface area (TPSA) is 27.9 Å². The van der Waals surface area contributed by atoms with Crippen molar-refractivity contribution in [2.75, 3.05) is 4.90 Å². The van der Waals surface area contributed by atoms with E-state index in [1.54, 1.807) is 0 Å². The molecule has 0 radical (unpaired) electrons. The number of aromatic nitrogens is 5. The van der Waals surface area contributed by atoms with Crippen molar-refractivity contribution in [1.82, 2.24) is 22.8 Å². The Balaban J connectivity index is 0.000000109. The van der Waals surface area contributed by atoms with Crippen molar-refractivity contribution < 1.29 is 0 Å². The SMILES string of the molecule is Cc1ccc(B2c3ccccc3-n3c4ccccc4c4c(-n5c6ccc(-c7ccccc7)cc6c6ccc(-c7ccccc7)cc65)ccc2c43)cc1.Cc1ccc(B2c3ccccc3-n3c4ccccc4c4c(-n5c6ccc(C(C)(C)C)cc6c6cc(C(C)(C)C)ccc65)ccc2c43)cc1.c1ccc(B2c3ccccc3-n3c4ccccc4c4c(N(c5ccccc5)c5ccccc5)ccc2c43)cc1. The predicted molar refractivity (Wildman–Crippen MR) is 597 cm³/mol. The lowest BCUT2D eigenvalue weighted by Crippen LogP contribution is -2.55. The Morgan fingerprint density at radius 1 is 0.201 bits per heavy atom. The third-order valence-electron chi connectivity index (χ3n) is 30.1. The molecule has 25 aromatic rings. The van der Waals surface area contributed by atoms with Gasteiger partial charge >= 0.3 is 0 Å². The average Bonchev–Trinajstić information content (AvgIpc) is 1.38. The van der Waals surface area contributed by atoms with Crippen LogP contribution in [0.3, 0.4) is 0 Å². The number of para-hydroxylation sites is 8. The first-order chi connectivity index (χ1) is 68.1. The van der Waals surface area contributed by atoms with E-state index in [2.05, 4.69) is 538 Å². The van der Waals surface area contributed by atoms with Crippen LogP contribution in [0.5, 0.6) is 0 Å². The highest BCUT2D eigenvalue weighted by Gasteiger charge is 2.40. The Morgan fingerprint density at radius 2 is 0.525 bits per heavy atom. The van der Waals surface area contributed by atoms with Gasteiger partial charge in [-0.25, -0.2) is 0 Å². The van der Waals surface area contributed by atoms with Gasteiger partial charge in [-0.1, -0.05) is 403 Å². The molecule has 20 aromatic carbocycles. The molecule has 6 nitrogen and oxygen atoms in total.